The second-order valence-corrected chi connectivity index (χ2v) is 6.78. The van der Waals surface area contributed by atoms with Crippen LogP contribution in [0, 0.1) is 0 Å². The van der Waals surface area contributed by atoms with E-state index < -0.39 is 5.97 Å². The van der Waals surface area contributed by atoms with Gasteiger partial charge >= 0.3 is 5.97 Å². The van der Waals surface area contributed by atoms with Crippen molar-refractivity contribution in [3.05, 3.63) is 0 Å². The number of carboxylic acid groups (broad SMARTS) is 1. The average molecular weight is 359 g/mol. The van der Waals surface area contributed by atoms with E-state index in [9.17, 15) is 9.59 Å². The molecule has 5 heteroatoms. The molecular weight excluding hydrogens is 316 g/mol. The van der Waals surface area contributed by atoms with Gasteiger partial charge in [-0.15, -0.1) is 0 Å². The Morgan fingerprint density at radius 1 is 0.880 bits per heavy atom. The van der Waals surface area contributed by atoms with E-state index in [-0.39, 0.29) is 18.5 Å². The summed E-state index contributed by atoms with van der Waals surface area (Å²) in [4.78, 5) is 23.2. The van der Waals surface area contributed by atoms with Gasteiger partial charge in [0.25, 0.3) is 0 Å². The first-order chi connectivity index (χ1) is 11.9. The zero-order chi connectivity index (χ0) is 19.5. The van der Waals surface area contributed by atoms with Crippen molar-refractivity contribution in [2.24, 2.45) is 0 Å². The number of unbranched alkanes of at least 4 members (excludes halogenated alkanes) is 8. The Balaban J connectivity index is 0. The Morgan fingerprint density at radius 2 is 1.32 bits per heavy atom. The number of carboxylic acids is 1. The molecule has 0 saturated carbocycles. The third-order valence-corrected chi connectivity index (χ3v) is 4.15. The molecule has 0 aliphatic heterocycles. The molecule has 1 unspecified atom stereocenters. The SMILES string of the molecule is CCC(=O)O.CCCCCCCCCCCC(=O)NC(CC)N(C)C. The number of hydrogen-bond donors (Lipinski definition) is 2. The second kappa shape index (κ2) is 19.2. The topological polar surface area (TPSA) is 69.6 Å². The van der Waals surface area contributed by atoms with Crippen LogP contribution in [0.5, 0.6) is 0 Å². The van der Waals surface area contributed by atoms with Gasteiger partial charge in [0.05, 0.1) is 6.17 Å². The summed E-state index contributed by atoms with van der Waals surface area (Å²) in [5.74, 6) is -0.543. The second-order valence-electron chi connectivity index (χ2n) is 6.78. The Kier molecular flexibility index (Phi) is 20.1. The van der Waals surface area contributed by atoms with Gasteiger partial charge in [0.15, 0.2) is 0 Å². The molecule has 0 radical (unpaired) electrons. The van der Waals surface area contributed by atoms with Gasteiger partial charge < -0.3 is 10.4 Å². The molecule has 0 aliphatic rings. The van der Waals surface area contributed by atoms with E-state index in [0.29, 0.717) is 6.42 Å². The first-order valence-corrected chi connectivity index (χ1v) is 10.1. The van der Waals surface area contributed by atoms with Gasteiger partial charge in [-0.05, 0) is 26.9 Å². The Hall–Kier alpha value is -1.10. The molecule has 0 spiro atoms. The molecule has 0 aromatic heterocycles. The predicted octanol–water partition coefficient (Wildman–Crippen LogP) is 4.80. The van der Waals surface area contributed by atoms with Crippen LogP contribution in [-0.2, 0) is 9.59 Å². The Bertz CT molecular complexity index is 320. The van der Waals surface area contributed by atoms with Crippen LogP contribution in [-0.4, -0.2) is 42.1 Å². The van der Waals surface area contributed by atoms with Crippen LogP contribution in [0.3, 0.4) is 0 Å². The summed E-state index contributed by atoms with van der Waals surface area (Å²) >= 11 is 0. The van der Waals surface area contributed by atoms with Crippen LogP contribution >= 0.6 is 0 Å². The number of nitrogens with zero attached hydrogens (tertiary/aromatic N) is 1. The summed E-state index contributed by atoms with van der Waals surface area (Å²) in [7, 11) is 4.01. The highest BCUT2D eigenvalue weighted by Gasteiger charge is 2.11. The summed E-state index contributed by atoms with van der Waals surface area (Å²) in [5, 5.41) is 10.8. The van der Waals surface area contributed by atoms with E-state index in [1.54, 1.807) is 6.92 Å². The molecule has 150 valence electrons. The van der Waals surface area contributed by atoms with Crippen LogP contribution in [0.25, 0.3) is 0 Å². The number of carbonyl (C=O) groups excluding carboxylic acids is 1. The lowest BCUT2D eigenvalue weighted by molar-refractivity contribution is -0.136. The van der Waals surface area contributed by atoms with E-state index in [1.807, 2.05) is 14.1 Å². The molecule has 0 saturated heterocycles. The number of aliphatic carboxylic acids is 1. The summed E-state index contributed by atoms with van der Waals surface area (Å²) in [6, 6.07) is 0. The maximum atomic E-state index is 11.8. The minimum atomic E-state index is -0.745. The summed E-state index contributed by atoms with van der Waals surface area (Å²) in [6.07, 6.45) is 13.7. The maximum absolute atomic E-state index is 11.8. The molecule has 0 heterocycles. The molecular formula is C20H42N2O3. The average Bonchev–Trinajstić information content (AvgIpc) is 2.58. The van der Waals surface area contributed by atoms with Crippen LogP contribution in [0.15, 0.2) is 0 Å². The molecule has 0 fully saturated rings. The third kappa shape index (κ3) is 20.9. The summed E-state index contributed by atoms with van der Waals surface area (Å²) < 4.78 is 0. The number of carbonyl (C=O) groups is 2. The summed E-state index contributed by atoms with van der Waals surface area (Å²) in [5.41, 5.74) is 0. The number of hydrogen-bond acceptors (Lipinski definition) is 3. The molecule has 1 amide bonds. The molecule has 0 aliphatic carbocycles. The van der Waals surface area contributed by atoms with Crippen molar-refractivity contribution in [2.75, 3.05) is 14.1 Å². The standard InChI is InChI=1S/C17H36N2O.C3H6O2/c1-5-7-8-9-10-11-12-13-14-15-17(20)18-16(6-2)19(3)4;1-2-3(4)5/h16H,5-15H2,1-4H3,(H,18,20);2H2,1H3,(H,4,5). The normalized spacial score (nSPS) is 11.6. The zero-order valence-electron chi connectivity index (χ0n) is 17.3. The maximum Gasteiger partial charge on any atom is 0.303 e. The highest BCUT2D eigenvalue weighted by atomic mass is 16.4. The minimum absolute atomic E-state index is 0.182. The lowest BCUT2D eigenvalue weighted by Gasteiger charge is -2.23. The van der Waals surface area contributed by atoms with Crippen LogP contribution in [0.2, 0.25) is 0 Å². The number of nitrogens with one attached hydrogen (secondary N) is 1. The van der Waals surface area contributed by atoms with Crippen molar-refractivity contribution in [3.63, 3.8) is 0 Å². The van der Waals surface area contributed by atoms with Gasteiger partial charge in [-0.1, -0.05) is 72.1 Å². The van der Waals surface area contributed by atoms with E-state index in [4.69, 9.17) is 5.11 Å². The fourth-order valence-electron chi connectivity index (χ4n) is 2.45. The molecule has 25 heavy (non-hydrogen) atoms. The van der Waals surface area contributed by atoms with Crippen molar-refractivity contribution >= 4 is 11.9 Å². The molecule has 0 aromatic carbocycles. The first-order valence-electron chi connectivity index (χ1n) is 10.1. The summed E-state index contributed by atoms with van der Waals surface area (Å²) in [6.45, 7) is 5.95. The fourth-order valence-corrected chi connectivity index (χ4v) is 2.45. The smallest absolute Gasteiger partial charge is 0.303 e. The quantitative estimate of drug-likeness (QED) is 0.345. The Morgan fingerprint density at radius 3 is 1.68 bits per heavy atom. The molecule has 0 aromatic rings. The van der Waals surface area contributed by atoms with Crippen LogP contribution in [0.4, 0.5) is 0 Å². The lowest BCUT2D eigenvalue weighted by atomic mass is 10.1. The lowest BCUT2D eigenvalue weighted by Crippen LogP contribution is -2.44. The number of amides is 1. The molecule has 5 nitrogen and oxygen atoms in total. The van der Waals surface area contributed by atoms with Crippen molar-refractivity contribution < 1.29 is 14.7 Å². The zero-order valence-corrected chi connectivity index (χ0v) is 17.3. The number of rotatable bonds is 14. The van der Waals surface area contributed by atoms with Gasteiger partial charge in [0, 0.05) is 12.8 Å². The van der Waals surface area contributed by atoms with Gasteiger partial charge in [0.1, 0.15) is 0 Å². The highest BCUT2D eigenvalue weighted by Crippen LogP contribution is 2.10. The molecule has 2 N–H and O–H groups in total. The highest BCUT2D eigenvalue weighted by molar-refractivity contribution is 5.76. The van der Waals surface area contributed by atoms with Crippen LogP contribution in [0.1, 0.15) is 97.8 Å². The Labute approximate surface area is 155 Å². The van der Waals surface area contributed by atoms with E-state index in [0.717, 1.165) is 12.8 Å². The van der Waals surface area contributed by atoms with Gasteiger partial charge in [0.2, 0.25) is 5.91 Å². The molecule has 0 bridgehead atoms. The van der Waals surface area contributed by atoms with Gasteiger partial charge in [-0.3, -0.25) is 14.5 Å². The van der Waals surface area contributed by atoms with Gasteiger partial charge in [-0.25, -0.2) is 0 Å². The fraction of sp³-hybridized carbons (Fsp3) is 0.900. The first kappa shape index (κ1) is 26.1. The molecule has 1 atom stereocenters. The minimum Gasteiger partial charge on any atom is -0.481 e. The van der Waals surface area contributed by atoms with E-state index in [2.05, 4.69) is 24.1 Å². The van der Waals surface area contributed by atoms with E-state index in [1.165, 1.54) is 51.4 Å². The van der Waals surface area contributed by atoms with Crippen LogP contribution < -0.4 is 5.32 Å². The van der Waals surface area contributed by atoms with Crippen molar-refractivity contribution in [2.45, 2.75) is 104 Å². The largest absolute Gasteiger partial charge is 0.481 e. The molecule has 0 rings (SSSR count). The van der Waals surface area contributed by atoms with Gasteiger partial charge in [-0.2, -0.15) is 0 Å². The van der Waals surface area contributed by atoms with Crippen molar-refractivity contribution in [3.8, 4) is 0 Å². The monoisotopic (exact) mass is 358 g/mol. The third-order valence-electron chi connectivity index (χ3n) is 4.15. The van der Waals surface area contributed by atoms with Crippen molar-refractivity contribution in [1.29, 1.82) is 0 Å². The van der Waals surface area contributed by atoms with Crippen molar-refractivity contribution in [1.82, 2.24) is 10.2 Å². The van der Waals surface area contributed by atoms with E-state index >= 15 is 0 Å². The predicted molar refractivity (Wildman–Crippen MR) is 106 cm³/mol.